The fourth-order valence-corrected chi connectivity index (χ4v) is 6.80. The fourth-order valence-electron chi connectivity index (χ4n) is 6.80. The van der Waals surface area contributed by atoms with E-state index in [0.717, 1.165) is 31.5 Å². The molecule has 4 aliphatic rings. The zero-order valence-corrected chi connectivity index (χ0v) is 19.4. The van der Waals surface area contributed by atoms with Crippen molar-refractivity contribution >= 4 is 17.4 Å². The predicted octanol–water partition coefficient (Wildman–Crippen LogP) is 2.48. The first kappa shape index (κ1) is 22.9. The number of rotatable bonds is 3. The summed E-state index contributed by atoms with van der Waals surface area (Å²) in [7, 11) is 0. The van der Waals surface area contributed by atoms with E-state index < -0.39 is 23.2 Å². The molecular formula is C26H32N2O6. The lowest BCUT2D eigenvalue weighted by molar-refractivity contribution is -0.136. The summed E-state index contributed by atoms with van der Waals surface area (Å²) in [6.07, 6.45) is 4.45. The largest absolute Gasteiger partial charge is 0.512 e. The lowest BCUT2D eigenvalue weighted by Gasteiger charge is -2.47. The average Bonchev–Trinajstić information content (AvgIpc) is 2.75. The third-order valence-corrected chi connectivity index (χ3v) is 8.27. The van der Waals surface area contributed by atoms with Crippen molar-refractivity contribution in [3.8, 4) is 5.75 Å². The van der Waals surface area contributed by atoms with Crippen LogP contribution in [0.15, 0.2) is 29.0 Å². The first-order chi connectivity index (χ1) is 16.1. The van der Waals surface area contributed by atoms with Gasteiger partial charge in [-0.1, -0.05) is 18.6 Å². The molecule has 3 aliphatic carbocycles. The van der Waals surface area contributed by atoms with Gasteiger partial charge in [0, 0.05) is 24.1 Å². The molecule has 4 unspecified atom stereocenters. The average molecular weight is 469 g/mol. The molecule has 1 aliphatic heterocycles. The Kier molecular flexibility index (Phi) is 5.48. The number of likely N-dealkylation sites (tertiary alicyclic amines) is 1. The number of fused-ring (bicyclic) bond motifs is 3. The van der Waals surface area contributed by atoms with Crippen LogP contribution >= 0.6 is 0 Å². The van der Waals surface area contributed by atoms with Crippen molar-refractivity contribution in [3.63, 3.8) is 0 Å². The Morgan fingerprint density at radius 2 is 1.85 bits per heavy atom. The lowest BCUT2D eigenvalue weighted by atomic mass is 9.57. The van der Waals surface area contributed by atoms with Gasteiger partial charge in [0.2, 0.25) is 0 Å². The topological polar surface area (TPSA) is 144 Å². The number of aromatic hydroxyl groups is 1. The SMILES string of the molecule is CC1(O)C(C(N)=O)=C(O)CC2CC3Cc4ccc(CN5CCCCC5)c(O)c4C(O)=C3C(=O)C21. The highest BCUT2D eigenvalue weighted by molar-refractivity contribution is 6.08. The molecule has 0 spiro atoms. The minimum absolute atomic E-state index is 0.00721. The van der Waals surface area contributed by atoms with E-state index in [9.17, 15) is 30.0 Å². The molecule has 0 bridgehead atoms. The number of allylic oxidation sites excluding steroid dienone is 2. The fraction of sp³-hybridized carbons (Fsp3) is 0.538. The summed E-state index contributed by atoms with van der Waals surface area (Å²) < 4.78 is 0. The van der Waals surface area contributed by atoms with Gasteiger partial charge in [0.05, 0.1) is 17.1 Å². The van der Waals surface area contributed by atoms with Crippen molar-refractivity contribution in [1.82, 2.24) is 4.90 Å². The van der Waals surface area contributed by atoms with Crippen molar-refractivity contribution in [2.75, 3.05) is 13.1 Å². The Bertz CT molecular complexity index is 1130. The zero-order chi connectivity index (χ0) is 24.4. The number of phenols is 1. The van der Waals surface area contributed by atoms with Gasteiger partial charge in [0.15, 0.2) is 5.78 Å². The number of piperidine rings is 1. The van der Waals surface area contributed by atoms with Crippen LogP contribution in [0, 0.1) is 17.8 Å². The number of Topliss-reactive ketones (excluding diaryl/α,β-unsaturated/α-hetero) is 1. The molecule has 0 radical (unpaired) electrons. The summed E-state index contributed by atoms with van der Waals surface area (Å²) in [5, 5.41) is 44.0. The number of primary amides is 1. The number of ketones is 1. The van der Waals surface area contributed by atoms with Crippen LogP contribution in [0.2, 0.25) is 0 Å². The molecule has 34 heavy (non-hydrogen) atoms. The molecule has 6 N–H and O–H groups in total. The molecule has 1 saturated carbocycles. The van der Waals surface area contributed by atoms with E-state index in [1.807, 2.05) is 12.1 Å². The highest BCUT2D eigenvalue weighted by Gasteiger charge is 2.56. The maximum atomic E-state index is 13.7. The van der Waals surface area contributed by atoms with Crippen molar-refractivity contribution < 1.29 is 30.0 Å². The van der Waals surface area contributed by atoms with Crippen LogP contribution in [0.3, 0.4) is 0 Å². The molecule has 8 nitrogen and oxygen atoms in total. The van der Waals surface area contributed by atoms with E-state index >= 15 is 0 Å². The molecule has 5 rings (SSSR count). The van der Waals surface area contributed by atoms with E-state index in [1.165, 1.54) is 13.3 Å². The number of phenolic OH excluding ortho intramolecular Hbond substituents is 1. The minimum atomic E-state index is -1.95. The number of aliphatic hydroxyl groups excluding tert-OH is 2. The van der Waals surface area contributed by atoms with Crippen molar-refractivity contribution in [2.24, 2.45) is 23.5 Å². The second-order valence-electron chi connectivity index (χ2n) is 10.5. The van der Waals surface area contributed by atoms with Crippen molar-refractivity contribution in [1.29, 1.82) is 0 Å². The van der Waals surface area contributed by atoms with Crippen molar-refractivity contribution in [3.05, 3.63) is 45.7 Å². The maximum absolute atomic E-state index is 13.7. The van der Waals surface area contributed by atoms with E-state index in [0.29, 0.717) is 24.9 Å². The first-order valence-corrected chi connectivity index (χ1v) is 12.1. The summed E-state index contributed by atoms with van der Waals surface area (Å²) in [4.78, 5) is 27.9. The Morgan fingerprint density at radius 3 is 2.53 bits per heavy atom. The number of aliphatic hydroxyl groups is 3. The highest BCUT2D eigenvalue weighted by Crippen LogP contribution is 2.53. The smallest absolute Gasteiger partial charge is 0.250 e. The molecule has 1 aromatic rings. The summed E-state index contributed by atoms with van der Waals surface area (Å²) in [6, 6.07) is 3.81. The maximum Gasteiger partial charge on any atom is 0.250 e. The summed E-state index contributed by atoms with van der Waals surface area (Å²) >= 11 is 0. The third kappa shape index (κ3) is 3.43. The lowest BCUT2D eigenvalue weighted by Crippen LogP contribution is -2.55. The molecule has 1 amide bonds. The normalized spacial score (nSPS) is 31.7. The third-order valence-electron chi connectivity index (χ3n) is 8.27. The van der Waals surface area contributed by atoms with Gasteiger partial charge in [-0.25, -0.2) is 0 Å². The van der Waals surface area contributed by atoms with Gasteiger partial charge in [-0.2, -0.15) is 0 Å². The second kappa shape index (κ2) is 8.13. The van der Waals surface area contributed by atoms with Crippen molar-refractivity contribution in [2.45, 2.75) is 57.6 Å². The molecular weight excluding hydrogens is 436 g/mol. The van der Waals surface area contributed by atoms with Crippen LogP contribution in [-0.4, -0.2) is 55.7 Å². The molecule has 1 saturated heterocycles. The number of hydrogen-bond donors (Lipinski definition) is 5. The van der Waals surface area contributed by atoms with E-state index in [4.69, 9.17) is 5.73 Å². The molecule has 8 heteroatoms. The number of hydrogen-bond acceptors (Lipinski definition) is 7. The number of nitrogens with zero attached hydrogens (tertiary/aromatic N) is 1. The van der Waals surface area contributed by atoms with Gasteiger partial charge in [-0.3, -0.25) is 14.5 Å². The number of carbonyl (C=O) groups is 2. The van der Waals surface area contributed by atoms with Gasteiger partial charge in [-0.05, 0) is 63.1 Å². The number of nitrogens with two attached hydrogens (primary N) is 1. The minimum Gasteiger partial charge on any atom is -0.512 e. The van der Waals surface area contributed by atoms with E-state index in [2.05, 4.69) is 4.90 Å². The second-order valence-corrected chi connectivity index (χ2v) is 10.5. The number of benzene rings is 1. The predicted molar refractivity (Wildman–Crippen MR) is 125 cm³/mol. The number of carbonyl (C=O) groups excluding carboxylic acids is 2. The van der Waals surface area contributed by atoms with Gasteiger partial charge in [0.25, 0.3) is 5.91 Å². The zero-order valence-electron chi connectivity index (χ0n) is 19.4. The van der Waals surface area contributed by atoms with Gasteiger partial charge in [0.1, 0.15) is 22.9 Å². The van der Waals surface area contributed by atoms with Crippen LogP contribution < -0.4 is 5.73 Å². The Labute approximate surface area is 198 Å². The van der Waals surface area contributed by atoms with Crippen LogP contribution in [0.5, 0.6) is 5.75 Å². The summed E-state index contributed by atoms with van der Waals surface area (Å²) in [6.45, 7) is 3.82. The van der Waals surface area contributed by atoms with Gasteiger partial charge < -0.3 is 26.2 Å². The quantitative estimate of drug-likeness (QED) is 0.458. The van der Waals surface area contributed by atoms with Crippen LogP contribution in [0.25, 0.3) is 5.76 Å². The molecule has 1 aromatic carbocycles. The first-order valence-electron chi connectivity index (χ1n) is 12.1. The molecule has 4 atom stereocenters. The van der Waals surface area contributed by atoms with Gasteiger partial charge in [-0.15, -0.1) is 0 Å². The summed E-state index contributed by atoms with van der Waals surface area (Å²) in [5.41, 5.74) is 5.07. The molecule has 2 fully saturated rings. The van der Waals surface area contributed by atoms with E-state index in [1.54, 1.807) is 0 Å². The molecule has 1 heterocycles. The standard InChI is InChI=1S/C26H32N2O6/c1-26(34)20-16(11-17(29)21(26)25(27)33)10-15-9-13-5-6-14(12-28-7-3-2-4-8-28)22(30)18(13)23(31)19(15)24(20)32/h5-6,15-16,20,29-31,34H,2-4,7-12H2,1H3,(H2,27,33). The monoisotopic (exact) mass is 468 g/mol. The van der Waals surface area contributed by atoms with Crippen LogP contribution in [0.4, 0.5) is 0 Å². The van der Waals surface area contributed by atoms with E-state index in [-0.39, 0.29) is 52.2 Å². The Morgan fingerprint density at radius 1 is 1.15 bits per heavy atom. The number of amides is 1. The Hall–Kier alpha value is -2.84. The molecule has 182 valence electrons. The van der Waals surface area contributed by atoms with Crippen LogP contribution in [0.1, 0.15) is 55.7 Å². The molecule has 0 aromatic heterocycles. The van der Waals surface area contributed by atoms with Gasteiger partial charge >= 0.3 is 0 Å². The Balaban J connectivity index is 1.54. The highest BCUT2D eigenvalue weighted by atomic mass is 16.3. The summed E-state index contributed by atoms with van der Waals surface area (Å²) in [5.74, 6) is -3.66. The van der Waals surface area contributed by atoms with Crippen LogP contribution in [-0.2, 0) is 22.6 Å².